The molecule has 228 valence electrons. The predicted molar refractivity (Wildman–Crippen MR) is 199 cm³/mol. The Balaban J connectivity index is 1.32. The molecule has 11 aromatic rings. The van der Waals surface area contributed by atoms with Gasteiger partial charge in [-0.25, -0.2) is 9.97 Å². The lowest BCUT2D eigenvalue weighted by Gasteiger charge is -2.12. The summed E-state index contributed by atoms with van der Waals surface area (Å²) in [7, 11) is 0. The molecule has 0 saturated carbocycles. The van der Waals surface area contributed by atoms with Crippen LogP contribution in [0.2, 0.25) is 0 Å². The van der Waals surface area contributed by atoms with E-state index in [1.165, 1.54) is 5.39 Å². The molecule has 0 radical (unpaired) electrons. The smallest absolute Gasteiger partial charge is 0.236 e. The summed E-state index contributed by atoms with van der Waals surface area (Å²) in [6.07, 6.45) is 2.02. The molecular formula is C43H25N5O. The molecule has 49 heavy (non-hydrogen) atoms. The van der Waals surface area contributed by atoms with E-state index < -0.39 is 0 Å². The Morgan fingerprint density at radius 2 is 1.08 bits per heavy atom. The molecule has 0 aliphatic heterocycles. The first kappa shape index (κ1) is 26.3. The Kier molecular flexibility index (Phi) is 5.29. The summed E-state index contributed by atoms with van der Waals surface area (Å²) in [6.45, 7) is 0. The van der Waals surface area contributed by atoms with E-state index in [0.29, 0.717) is 11.5 Å². The van der Waals surface area contributed by atoms with Crippen molar-refractivity contribution in [3.63, 3.8) is 0 Å². The molecule has 5 aromatic heterocycles. The van der Waals surface area contributed by atoms with Crippen LogP contribution >= 0.6 is 0 Å². The maximum atomic E-state index is 6.44. The highest BCUT2D eigenvalue weighted by Gasteiger charge is 2.24. The molecule has 0 aliphatic rings. The van der Waals surface area contributed by atoms with E-state index in [9.17, 15) is 0 Å². The molecule has 0 atom stereocenters. The lowest BCUT2D eigenvalue weighted by molar-refractivity contribution is 0.666. The van der Waals surface area contributed by atoms with Gasteiger partial charge in [0.15, 0.2) is 5.58 Å². The van der Waals surface area contributed by atoms with Gasteiger partial charge >= 0.3 is 0 Å². The van der Waals surface area contributed by atoms with E-state index in [2.05, 4.69) is 118 Å². The Morgan fingerprint density at radius 3 is 1.88 bits per heavy atom. The van der Waals surface area contributed by atoms with Crippen LogP contribution in [0, 0.1) is 0 Å². The fourth-order valence-electron chi connectivity index (χ4n) is 7.68. The molecule has 0 saturated heterocycles. The van der Waals surface area contributed by atoms with E-state index in [0.717, 1.165) is 82.6 Å². The minimum atomic E-state index is 0.584. The van der Waals surface area contributed by atoms with Crippen molar-refractivity contribution in [2.45, 2.75) is 0 Å². The number of aromatic nitrogens is 5. The highest BCUT2D eigenvalue weighted by Crippen LogP contribution is 2.42. The molecule has 0 aliphatic carbocycles. The second-order valence-electron chi connectivity index (χ2n) is 12.4. The molecule has 0 amide bonds. The first-order chi connectivity index (χ1) is 24.3. The van der Waals surface area contributed by atoms with Gasteiger partial charge in [-0.15, -0.1) is 0 Å². The van der Waals surface area contributed by atoms with Gasteiger partial charge < -0.3 is 8.98 Å². The minimum Gasteiger partial charge on any atom is -0.452 e. The van der Waals surface area contributed by atoms with Crippen LogP contribution in [0.15, 0.2) is 156 Å². The van der Waals surface area contributed by atoms with Crippen LogP contribution in [0.4, 0.5) is 0 Å². The zero-order chi connectivity index (χ0) is 32.1. The molecule has 0 unspecified atom stereocenters. The normalized spacial score (nSPS) is 12.1. The van der Waals surface area contributed by atoms with Gasteiger partial charge in [-0.3, -0.25) is 9.55 Å². The van der Waals surface area contributed by atoms with Crippen molar-refractivity contribution in [3.8, 4) is 22.9 Å². The van der Waals surface area contributed by atoms with Crippen molar-refractivity contribution in [2.75, 3.05) is 0 Å². The summed E-state index contributed by atoms with van der Waals surface area (Å²) >= 11 is 0. The van der Waals surface area contributed by atoms with Crippen LogP contribution in [-0.4, -0.2) is 24.1 Å². The summed E-state index contributed by atoms with van der Waals surface area (Å²) in [5, 5.41) is 6.49. The minimum absolute atomic E-state index is 0.584. The zero-order valence-electron chi connectivity index (χ0n) is 26.1. The highest BCUT2D eigenvalue weighted by atomic mass is 16.3. The first-order valence-electron chi connectivity index (χ1n) is 16.4. The quantitative estimate of drug-likeness (QED) is 0.196. The van der Waals surface area contributed by atoms with Crippen molar-refractivity contribution in [1.29, 1.82) is 0 Å². The van der Waals surface area contributed by atoms with E-state index in [1.807, 2.05) is 42.6 Å². The van der Waals surface area contributed by atoms with Crippen molar-refractivity contribution < 1.29 is 4.42 Å². The van der Waals surface area contributed by atoms with E-state index in [1.54, 1.807) is 0 Å². The summed E-state index contributed by atoms with van der Waals surface area (Å²) < 4.78 is 11.0. The number of hydrogen-bond acceptors (Lipinski definition) is 4. The second kappa shape index (κ2) is 9.86. The van der Waals surface area contributed by atoms with Gasteiger partial charge in [-0.1, -0.05) is 103 Å². The average Bonchev–Trinajstić information content (AvgIpc) is 3.83. The summed E-state index contributed by atoms with van der Waals surface area (Å²) in [5.41, 5.74) is 10.2. The number of benzene rings is 6. The zero-order valence-corrected chi connectivity index (χ0v) is 26.1. The molecule has 0 bridgehead atoms. The van der Waals surface area contributed by atoms with Gasteiger partial charge in [0, 0.05) is 49.8 Å². The maximum Gasteiger partial charge on any atom is 0.236 e. The van der Waals surface area contributed by atoms with Gasteiger partial charge in [0.1, 0.15) is 16.8 Å². The number of hydrogen-bond donors (Lipinski definition) is 0. The van der Waals surface area contributed by atoms with Crippen LogP contribution in [0.5, 0.6) is 0 Å². The molecule has 0 spiro atoms. The predicted octanol–water partition coefficient (Wildman–Crippen LogP) is 10.8. The molecule has 11 rings (SSSR count). The van der Waals surface area contributed by atoms with Crippen LogP contribution in [0.25, 0.3) is 99.5 Å². The van der Waals surface area contributed by atoms with Crippen molar-refractivity contribution in [2.24, 2.45) is 0 Å². The van der Waals surface area contributed by atoms with Gasteiger partial charge in [0.05, 0.1) is 27.6 Å². The fraction of sp³-hybridized carbons (Fsp3) is 0. The molecule has 6 nitrogen and oxygen atoms in total. The number of pyridine rings is 1. The van der Waals surface area contributed by atoms with Crippen molar-refractivity contribution in [1.82, 2.24) is 24.1 Å². The number of furan rings is 1. The molecule has 0 fully saturated rings. The second-order valence-corrected chi connectivity index (χ2v) is 12.4. The average molecular weight is 628 g/mol. The Morgan fingerprint density at radius 1 is 0.449 bits per heavy atom. The summed E-state index contributed by atoms with van der Waals surface area (Å²) in [4.78, 5) is 15.8. The van der Waals surface area contributed by atoms with Crippen LogP contribution in [0.1, 0.15) is 0 Å². The monoisotopic (exact) mass is 627 g/mol. The topological polar surface area (TPSA) is 61.7 Å². The van der Waals surface area contributed by atoms with Gasteiger partial charge in [-0.2, -0.15) is 0 Å². The van der Waals surface area contributed by atoms with E-state index >= 15 is 0 Å². The number of para-hydroxylation sites is 4. The van der Waals surface area contributed by atoms with E-state index in [4.69, 9.17) is 19.4 Å². The SMILES string of the molecule is c1ccc(-c2nc(-n3c4ccccc4c4cnc5c(ccc6c7ccccc7n(-c7ccccc7)c65)c43)nc3c2oc2ccccc23)cc1. The van der Waals surface area contributed by atoms with Crippen LogP contribution in [0.3, 0.4) is 0 Å². The van der Waals surface area contributed by atoms with Crippen molar-refractivity contribution >= 4 is 76.6 Å². The Labute approximate surface area is 279 Å². The van der Waals surface area contributed by atoms with Crippen LogP contribution < -0.4 is 0 Å². The summed E-state index contributed by atoms with van der Waals surface area (Å²) in [5.74, 6) is 0.584. The third kappa shape index (κ3) is 3.62. The third-order valence-electron chi connectivity index (χ3n) is 9.77. The highest BCUT2D eigenvalue weighted by molar-refractivity contribution is 6.24. The lowest BCUT2D eigenvalue weighted by atomic mass is 10.1. The molecular weight excluding hydrogens is 603 g/mol. The maximum absolute atomic E-state index is 6.44. The lowest BCUT2D eigenvalue weighted by Crippen LogP contribution is -2.03. The van der Waals surface area contributed by atoms with Gasteiger partial charge in [0.2, 0.25) is 5.95 Å². The number of rotatable bonds is 3. The fourth-order valence-corrected chi connectivity index (χ4v) is 7.68. The first-order valence-corrected chi connectivity index (χ1v) is 16.4. The van der Waals surface area contributed by atoms with Gasteiger partial charge in [-0.05, 0) is 42.5 Å². The number of fused-ring (bicyclic) bond motifs is 12. The van der Waals surface area contributed by atoms with E-state index in [-0.39, 0.29) is 0 Å². The van der Waals surface area contributed by atoms with Crippen molar-refractivity contribution in [3.05, 3.63) is 152 Å². The standard InChI is InChI=1S/C43H25N5O/c1-3-13-26(14-4-1)37-42-39(31-19-9-12-22-36(31)49-42)46-43(45-37)48-35-21-11-8-18-29(35)33-25-44-38-32(40(33)48)24-23-30-28-17-7-10-20-34(28)47(41(30)38)27-15-5-2-6-16-27/h1-25H. The molecule has 5 heterocycles. The Hall–Kier alpha value is -6.79. The van der Waals surface area contributed by atoms with Gasteiger partial charge in [0.25, 0.3) is 0 Å². The summed E-state index contributed by atoms with van der Waals surface area (Å²) in [6, 6.07) is 50.3. The largest absolute Gasteiger partial charge is 0.452 e. The van der Waals surface area contributed by atoms with Crippen LogP contribution in [-0.2, 0) is 0 Å². The third-order valence-corrected chi connectivity index (χ3v) is 9.77. The Bertz CT molecular complexity index is 3100. The molecule has 0 N–H and O–H groups in total. The number of nitrogens with zero attached hydrogens (tertiary/aromatic N) is 5. The molecule has 6 aromatic carbocycles. The molecule has 6 heteroatoms.